The molecule has 1 N–H and O–H groups in total. The average molecular weight is 399 g/mol. The highest BCUT2D eigenvalue weighted by Crippen LogP contribution is 2.20. The summed E-state index contributed by atoms with van der Waals surface area (Å²) < 4.78 is 33.9. The Morgan fingerprint density at radius 2 is 2.03 bits per heavy atom. The predicted octanol–water partition coefficient (Wildman–Crippen LogP) is 4.56. The van der Waals surface area contributed by atoms with Crippen LogP contribution < -0.4 is 10.1 Å². The van der Waals surface area contributed by atoms with E-state index < -0.39 is 11.6 Å². The first-order chi connectivity index (χ1) is 13.9. The number of amides is 1. The van der Waals surface area contributed by atoms with Crippen LogP contribution in [0, 0.1) is 18.6 Å². The number of carbonyl (C=O) groups is 1. The lowest BCUT2D eigenvalue weighted by Crippen LogP contribution is -2.27. The van der Waals surface area contributed by atoms with Crippen molar-refractivity contribution in [2.45, 2.75) is 40.0 Å². The van der Waals surface area contributed by atoms with Crippen LogP contribution in [0.2, 0.25) is 0 Å². The molecule has 0 bridgehead atoms. The number of aryl methyl sites for hydroxylation is 2. The molecule has 1 aromatic heterocycles. The Kier molecular flexibility index (Phi) is 6.26. The minimum Gasteiger partial charge on any atom is -0.486 e. The number of nitrogens with zero attached hydrogens (tertiary/aromatic N) is 2. The second-order valence-corrected chi connectivity index (χ2v) is 6.78. The Balaban J connectivity index is 1.66. The molecular formula is C22H23F2N3O2. The number of nitrogens with one attached hydrogen (secondary N) is 1. The van der Waals surface area contributed by atoms with Crippen molar-refractivity contribution in [2.75, 3.05) is 0 Å². The maximum atomic E-state index is 13.7. The highest BCUT2D eigenvalue weighted by Gasteiger charge is 2.16. The summed E-state index contributed by atoms with van der Waals surface area (Å²) in [7, 11) is 0. The molecule has 0 aliphatic carbocycles. The number of ether oxygens (including phenoxy) is 1. The van der Waals surface area contributed by atoms with E-state index >= 15 is 0 Å². The minimum absolute atomic E-state index is 0.0433. The molecule has 3 aromatic rings. The molecular weight excluding hydrogens is 376 g/mol. The zero-order valence-electron chi connectivity index (χ0n) is 16.6. The Hall–Kier alpha value is -3.22. The zero-order valence-corrected chi connectivity index (χ0v) is 16.6. The van der Waals surface area contributed by atoms with E-state index in [9.17, 15) is 13.6 Å². The van der Waals surface area contributed by atoms with Gasteiger partial charge in [-0.25, -0.2) is 8.78 Å². The van der Waals surface area contributed by atoms with E-state index in [1.165, 1.54) is 6.07 Å². The fourth-order valence-corrected chi connectivity index (χ4v) is 3.03. The molecule has 1 heterocycles. The molecule has 3 rings (SSSR count). The van der Waals surface area contributed by atoms with Crippen molar-refractivity contribution in [3.8, 4) is 5.75 Å². The van der Waals surface area contributed by atoms with E-state index in [0.717, 1.165) is 29.9 Å². The van der Waals surface area contributed by atoms with Gasteiger partial charge in [0.25, 0.3) is 5.91 Å². The molecule has 29 heavy (non-hydrogen) atoms. The highest BCUT2D eigenvalue weighted by atomic mass is 19.1. The molecule has 0 saturated carbocycles. The van der Waals surface area contributed by atoms with Crippen LogP contribution >= 0.6 is 0 Å². The third-order valence-corrected chi connectivity index (χ3v) is 4.60. The van der Waals surface area contributed by atoms with Gasteiger partial charge in [0, 0.05) is 29.9 Å². The van der Waals surface area contributed by atoms with Gasteiger partial charge in [-0.05, 0) is 50.6 Å². The summed E-state index contributed by atoms with van der Waals surface area (Å²) >= 11 is 0. The van der Waals surface area contributed by atoms with Crippen molar-refractivity contribution in [1.29, 1.82) is 0 Å². The smallest absolute Gasteiger partial charge is 0.251 e. The number of benzene rings is 2. The summed E-state index contributed by atoms with van der Waals surface area (Å²) in [6.45, 7) is 6.65. The molecule has 1 unspecified atom stereocenters. The summed E-state index contributed by atoms with van der Waals surface area (Å²) in [5.41, 5.74) is 3.01. The molecule has 152 valence electrons. The maximum absolute atomic E-state index is 13.7. The van der Waals surface area contributed by atoms with Crippen molar-refractivity contribution in [3.05, 3.63) is 82.7 Å². The lowest BCUT2D eigenvalue weighted by Gasteiger charge is -2.14. The summed E-state index contributed by atoms with van der Waals surface area (Å²) in [5.74, 6) is -1.70. The second-order valence-electron chi connectivity index (χ2n) is 6.78. The maximum Gasteiger partial charge on any atom is 0.251 e. The Bertz CT molecular complexity index is 1020. The molecule has 0 radical (unpaired) electrons. The lowest BCUT2D eigenvalue weighted by molar-refractivity contribution is 0.0939. The standard InChI is InChI=1S/C22H23F2N3O2/c1-4-27-12-19(15(3)26-27)14(2)25-22(28)17-7-5-6-16(10-17)13-29-21-9-8-18(23)11-20(21)24/h5-12,14H,4,13H2,1-3H3,(H,25,28). The lowest BCUT2D eigenvalue weighted by atomic mass is 10.1. The van der Waals surface area contributed by atoms with Gasteiger partial charge in [-0.1, -0.05) is 12.1 Å². The van der Waals surface area contributed by atoms with Crippen LogP contribution in [-0.4, -0.2) is 15.7 Å². The summed E-state index contributed by atoms with van der Waals surface area (Å²) in [6.07, 6.45) is 1.93. The van der Waals surface area contributed by atoms with Gasteiger partial charge in [0.1, 0.15) is 12.4 Å². The van der Waals surface area contributed by atoms with Crippen molar-refractivity contribution < 1.29 is 18.3 Å². The van der Waals surface area contributed by atoms with Gasteiger partial charge in [-0.15, -0.1) is 0 Å². The zero-order chi connectivity index (χ0) is 21.0. The highest BCUT2D eigenvalue weighted by molar-refractivity contribution is 5.94. The normalized spacial score (nSPS) is 11.9. The predicted molar refractivity (Wildman–Crippen MR) is 106 cm³/mol. The third kappa shape index (κ3) is 4.99. The Morgan fingerprint density at radius 3 is 2.72 bits per heavy atom. The van der Waals surface area contributed by atoms with E-state index in [2.05, 4.69) is 10.4 Å². The number of halogens is 2. The molecule has 0 fully saturated rings. The summed E-state index contributed by atoms with van der Waals surface area (Å²) in [5, 5.41) is 7.38. The Labute approximate surface area is 168 Å². The molecule has 2 aromatic carbocycles. The molecule has 0 aliphatic heterocycles. The summed E-state index contributed by atoms with van der Waals surface area (Å²) in [4.78, 5) is 12.7. The van der Waals surface area contributed by atoms with Gasteiger partial charge < -0.3 is 10.1 Å². The molecule has 0 spiro atoms. The van der Waals surface area contributed by atoms with Crippen LogP contribution in [0.3, 0.4) is 0 Å². The monoisotopic (exact) mass is 399 g/mol. The van der Waals surface area contributed by atoms with Crippen LogP contribution in [-0.2, 0) is 13.2 Å². The first kappa shape index (κ1) is 20.5. The molecule has 1 amide bonds. The molecule has 7 heteroatoms. The van der Waals surface area contributed by atoms with E-state index in [1.807, 2.05) is 31.6 Å². The van der Waals surface area contributed by atoms with Crippen molar-refractivity contribution in [2.24, 2.45) is 0 Å². The fourth-order valence-electron chi connectivity index (χ4n) is 3.03. The first-order valence-electron chi connectivity index (χ1n) is 9.39. The average Bonchev–Trinajstić information content (AvgIpc) is 3.08. The van der Waals surface area contributed by atoms with Crippen LogP contribution in [0.25, 0.3) is 0 Å². The number of carbonyl (C=O) groups excluding carboxylic acids is 1. The molecule has 0 aliphatic rings. The van der Waals surface area contributed by atoms with Crippen LogP contribution in [0.5, 0.6) is 5.75 Å². The van der Waals surface area contributed by atoms with Gasteiger partial charge >= 0.3 is 0 Å². The van der Waals surface area contributed by atoms with Crippen molar-refractivity contribution in [1.82, 2.24) is 15.1 Å². The molecule has 1 atom stereocenters. The van der Waals surface area contributed by atoms with Gasteiger partial charge in [0.2, 0.25) is 0 Å². The van der Waals surface area contributed by atoms with Gasteiger partial charge in [-0.3, -0.25) is 9.48 Å². The molecule has 0 saturated heterocycles. The quantitative estimate of drug-likeness (QED) is 0.634. The van der Waals surface area contributed by atoms with Gasteiger partial charge in [-0.2, -0.15) is 5.10 Å². The van der Waals surface area contributed by atoms with Crippen LogP contribution in [0.15, 0.2) is 48.7 Å². The SMILES string of the molecule is CCn1cc(C(C)NC(=O)c2cccc(COc3ccc(F)cc3F)c2)c(C)n1. The first-order valence-corrected chi connectivity index (χ1v) is 9.39. The van der Waals surface area contributed by atoms with Gasteiger partial charge in [0.05, 0.1) is 11.7 Å². The van der Waals surface area contributed by atoms with Crippen LogP contribution in [0.1, 0.15) is 47.1 Å². The van der Waals surface area contributed by atoms with E-state index in [1.54, 1.807) is 24.3 Å². The largest absolute Gasteiger partial charge is 0.486 e. The second kappa shape index (κ2) is 8.86. The van der Waals surface area contributed by atoms with Crippen LogP contribution in [0.4, 0.5) is 8.78 Å². The van der Waals surface area contributed by atoms with Crippen molar-refractivity contribution in [3.63, 3.8) is 0 Å². The number of hydrogen-bond acceptors (Lipinski definition) is 3. The topological polar surface area (TPSA) is 56.2 Å². The number of aromatic nitrogens is 2. The third-order valence-electron chi connectivity index (χ3n) is 4.60. The van der Waals surface area contributed by atoms with Crippen molar-refractivity contribution >= 4 is 5.91 Å². The minimum atomic E-state index is -0.768. The van der Waals surface area contributed by atoms with E-state index in [-0.39, 0.29) is 24.3 Å². The number of hydrogen-bond donors (Lipinski definition) is 1. The van der Waals surface area contributed by atoms with Gasteiger partial charge in [0.15, 0.2) is 11.6 Å². The Morgan fingerprint density at radius 1 is 1.24 bits per heavy atom. The van der Waals surface area contributed by atoms with E-state index in [0.29, 0.717) is 11.1 Å². The fraction of sp³-hybridized carbons (Fsp3) is 0.273. The van der Waals surface area contributed by atoms with E-state index in [4.69, 9.17) is 4.74 Å². The number of rotatable bonds is 7. The molecule has 5 nitrogen and oxygen atoms in total. The summed E-state index contributed by atoms with van der Waals surface area (Å²) in [6, 6.07) is 9.84.